The number of benzene rings is 2. The molecule has 7 nitrogen and oxygen atoms in total. The van der Waals surface area contributed by atoms with E-state index in [1.54, 1.807) is 24.3 Å². The molecule has 1 N–H and O–H groups in total. The highest BCUT2D eigenvalue weighted by Gasteiger charge is 2.12. The fraction of sp³-hybridized carbons (Fsp3) is 0.167. The Morgan fingerprint density at radius 2 is 1.92 bits per heavy atom. The summed E-state index contributed by atoms with van der Waals surface area (Å²) in [4.78, 5) is 23.5. The monoisotopic (exact) mass is 367 g/mol. The van der Waals surface area contributed by atoms with Gasteiger partial charge in [0.15, 0.2) is 5.78 Å². The Bertz CT molecular complexity index is 937. The van der Waals surface area contributed by atoms with E-state index in [1.165, 1.54) is 23.4 Å². The molecule has 0 saturated carbocycles. The number of carbonyl (C=O) groups excluding carboxylic acids is 2. The average Bonchev–Trinajstić information content (AvgIpc) is 3.08. The summed E-state index contributed by atoms with van der Waals surface area (Å²) in [5.41, 5.74) is 3.18. The molecule has 132 valence electrons. The van der Waals surface area contributed by atoms with Crippen LogP contribution in [0.1, 0.15) is 22.8 Å². The van der Waals surface area contributed by atoms with Crippen molar-refractivity contribution in [1.82, 2.24) is 20.2 Å². The van der Waals surface area contributed by atoms with Crippen LogP contribution in [-0.2, 0) is 4.79 Å². The Balaban J connectivity index is 1.65. The number of nitrogens with zero attached hydrogens (tertiary/aromatic N) is 4. The van der Waals surface area contributed by atoms with Gasteiger partial charge >= 0.3 is 0 Å². The fourth-order valence-electron chi connectivity index (χ4n) is 2.32. The van der Waals surface area contributed by atoms with Crippen LogP contribution >= 0.6 is 11.8 Å². The summed E-state index contributed by atoms with van der Waals surface area (Å²) in [6.45, 7) is 3.48. The molecule has 1 amide bonds. The quantitative estimate of drug-likeness (QED) is 0.532. The van der Waals surface area contributed by atoms with E-state index in [4.69, 9.17) is 0 Å². The summed E-state index contributed by atoms with van der Waals surface area (Å²) >= 11 is 1.24. The number of hydrogen-bond donors (Lipinski definition) is 1. The van der Waals surface area contributed by atoms with Gasteiger partial charge in [-0.3, -0.25) is 9.59 Å². The minimum atomic E-state index is -0.137. The number of hydrogen-bond acceptors (Lipinski definition) is 6. The molecule has 1 aromatic heterocycles. The average molecular weight is 367 g/mol. The Kier molecular flexibility index (Phi) is 5.43. The van der Waals surface area contributed by atoms with Crippen molar-refractivity contribution in [2.75, 3.05) is 11.1 Å². The first-order valence-electron chi connectivity index (χ1n) is 7.92. The minimum absolute atomic E-state index is 0.00400. The minimum Gasteiger partial charge on any atom is -0.325 e. The molecular formula is C18H17N5O2S. The third-order valence-corrected chi connectivity index (χ3v) is 4.51. The van der Waals surface area contributed by atoms with Gasteiger partial charge in [0.2, 0.25) is 11.1 Å². The second-order valence-electron chi connectivity index (χ2n) is 5.68. The van der Waals surface area contributed by atoms with Gasteiger partial charge < -0.3 is 5.32 Å². The van der Waals surface area contributed by atoms with E-state index in [0.717, 1.165) is 16.9 Å². The van der Waals surface area contributed by atoms with Crippen molar-refractivity contribution in [3.05, 3.63) is 59.7 Å². The lowest BCUT2D eigenvalue weighted by Gasteiger charge is -2.07. The van der Waals surface area contributed by atoms with Gasteiger partial charge in [-0.2, -0.15) is 4.68 Å². The Morgan fingerprint density at radius 3 is 2.62 bits per heavy atom. The Morgan fingerprint density at radius 1 is 1.15 bits per heavy atom. The van der Waals surface area contributed by atoms with E-state index in [2.05, 4.69) is 20.8 Å². The summed E-state index contributed by atoms with van der Waals surface area (Å²) < 4.78 is 1.54. The van der Waals surface area contributed by atoms with Crippen molar-refractivity contribution in [2.45, 2.75) is 19.0 Å². The molecule has 0 aliphatic rings. The lowest BCUT2D eigenvalue weighted by molar-refractivity contribution is -0.113. The number of aryl methyl sites for hydroxylation is 1. The summed E-state index contributed by atoms with van der Waals surface area (Å²) in [5, 5.41) is 14.9. The number of carbonyl (C=O) groups is 2. The van der Waals surface area contributed by atoms with Gasteiger partial charge in [0, 0.05) is 11.3 Å². The van der Waals surface area contributed by atoms with E-state index in [9.17, 15) is 9.59 Å². The predicted molar refractivity (Wildman–Crippen MR) is 99.7 cm³/mol. The summed E-state index contributed by atoms with van der Waals surface area (Å²) in [5.74, 6) is 0.0394. The lowest BCUT2D eigenvalue weighted by Crippen LogP contribution is -2.14. The number of aromatic nitrogens is 4. The molecule has 1 heterocycles. The fourth-order valence-corrected chi connectivity index (χ4v) is 3.01. The lowest BCUT2D eigenvalue weighted by atomic mass is 10.1. The SMILES string of the molecule is CC(=O)c1ccc(-n2nnnc2SCC(=O)Nc2cccc(C)c2)cc1. The molecule has 26 heavy (non-hydrogen) atoms. The molecule has 0 bridgehead atoms. The molecule has 8 heteroatoms. The number of tetrazole rings is 1. The van der Waals surface area contributed by atoms with Crippen molar-refractivity contribution >= 4 is 29.1 Å². The normalized spacial score (nSPS) is 10.5. The molecular weight excluding hydrogens is 350 g/mol. The molecule has 0 unspecified atom stereocenters. The van der Waals surface area contributed by atoms with Crippen LogP contribution < -0.4 is 5.32 Å². The van der Waals surface area contributed by atoms with Crippen molar-refractivity contribution in [2.24, 2.45) is 0 Å². The third kappa shape index (κ3) is 4.34. The Labute approximate surface area is 154 Å². The Hall–Kier alpha value is -3.00. The maximum atomic E-state index is 12.1. The predicted octanol–water partition coefficient (Wildman–Crippen LogP) is 2.90. The zero-order chi connectivity index (χ0) is 18.5. The second kappa shape index (κ2) is 7.92. The van der Waals surface area contributed by atoms with E-state index in [-0.39, 0.29) is 17.4 Å². The van der Waals surface area contributed by atoms with E-state index in [1.807, 2.05) is 31.2 Å². The van der Waals surface area contributed by atoms with Crippen LogP contribution in [0.2, 0.25) is 0 Å². The molecule has 0 aliphatic carbocycles. The number of nitrogens with one attached hydrogen (secondary N) is 1. The van der Waals surface area contributed by atoms with Crippen LogP contribution in [0, 0.1) is 6.92 Å². The number of anilines is 1. The molecule has 0 atom stereocenters. The van der Waals surface area contributed by atoms with Crippen molar-refractivity contribution in [3.63, 3.8) is 0 Å². The zero-order valence-electron chi connectivity index (χ0n) is 14.3. The van der Waals surface area contributed by atoms with Crippen LogP contribution in [0.25, 0.3) is 5.69 Å². The number of rotatable bonds is 6. The first-order chi connectivity index (χ1) is 12.5. The third-order valence-electron chi connectivity index (χ3n) is 3.59. The van der Waals surface area contributed by atoms with Gasteiger partial charge in [-0.1, -0.05) is 23.9 Å². The highest BCUT2D eigenvalue weighted by atomic mass is 32.2. The largest absolute Gasteiger partial charge is 0.325 e. The summed E-state index contributed by atoms with van der Waals surface area (Å²) in [6, 6.07) is 14.6. The topological polar surface area (TPSA) is 89.8 Å². The molecule has 0 spiro atoms. The maximum absolute atomic E-state index is 12.1. The van der Waals surface area contributed by atoms with Crippen molar-refractivity contribution in [1.29, 1.82) is 0 Å². The van der Waals surface area contributed by atoms with Gasteiger partial charge in [-0.25, -0.2) is 0 Å². The molecule has 3 rings (SSSR count). The van der Waals surface area contributed by atoms with Crippen LogP contribution in [0.15, 0.2) is 53.7 Å². The second-order valence-corrected chi connectivity index (χ2v) is 6.63. The first-order valence-corrected chi connectivity index (χ1v) is 8.90. The molecule has 0 aliphatic heterocycles. The smallest absolute Gasteiger partial charge is 0.234 e. The first kappa shape index (κ1) is 17.8. The van der Waals surface area contributed by atoms with E-state index < -0.39 is 0 Å². The summed E-state index contributed by atoms with van der Waals surface area (Å²) in [6.07, 6.45) is 0. The van der Waals surface area contributed by atoms with Crippen molar-refractivity contribution < 1.29 is 9.59 Å². The van der Waals surface area contributed by atoms with Gasteiger partial charge in [0.25, 0.3) is 0 Å². The standard InChI is InChI=1S/C18H17N5O2S/c1-12-4-3-5-15(10-12)19-17(25)11-26-18-20-21-22-23(18)16-8-6-14(7-9-16)13(2)24/h3-10H,11H2,1-2H3,(H,19,25). The highest BCUT2D eigenvalue weighted by Crippen LogP contribution is 2.19. The van der Waals surface area contributed by atoms with Gasteiger partial charge in [-0.15, -0.1) is 5.10 Å². The van der Waals surface area contributed by atoms with Gasteiger partial charge in [-0.05, 0) is 66.2 Å². The highest BCUT2D eigenvalue weighted by molar-refractivity contribution is 7.99. The molecule has 3 aromatic rings. The number of Topliss-reactive ketones (excluding diaryl/α,β-unsaturated/α-hetero) is 1. The van der Waals surface area contributed by atoms with E-state index in [0.29, 0.717) is 10.7 Å². The van der Waals surface area contributed by atoms with Crippen LogP contribution in [0.4, 0.5) is 5.69 Å². The molecule has 2 aromatic carbocycles. The molecule has 0 saturated heterocycles. The number of ketones is 1. The van der Waals surface area contributed by atoms with Crippen LogP contribution in [-0.4, -0.2) is 37.7 Å². The van der Waals surface area contributed by atoms with E-state index >= 15 is 0 Å². The number of amides is 1. The molecule has 0 fully saturated rings. The van der Waals surface area contributed by atoms with Crippen LogP contribution in [0.3, 0.4) is 0 Å². The molecule has 0 radical (unpaired) electrons. The van der Waals surface area contributed by atoms with Gasteiger partial charge in [0.05, 0.1) is 11.4 Å². The maximum Gasteiger partial charge on any atom is 0.234 e. The zero-order valence-corrected chi connectivity index (χ0v) is 15.2. The van der Waals surface area contributed by atoms with Crippen molar-refractivity contribution in [3.8, 4) is 5.69 Å². The van der Waals surface area contributed by atoms with Crippen LogP contribution in [0.5, 0.6) is 0 Å². The van der Waals surface area contributed by atoms with Gasteiger partial charge in [0.1, 0.15) is 0 Å². The summed E-state index contributed by atoms with van der Waals surface area (Å²) in [7, 11) is 0. The number of thioether (sulfide) groups is 1.